The Morgan fingerprint density at radius 1 is 0.478 bits per heavy atom. The fourth-order valence-corrected chi connectivity index (χ4v) is 4.31. The van der Waals surface area contributed by atoms with Crippen molar-refractivity contribution in [1.29, 1.82) is 0 Å². The molecule has 1 fully saturated rings. The number of alkyl halides is 1. The highest BCUT2D eigenvalue weighted by atomic mass is 35.5. The topological polar surface area (TPSA) is 0 Å². The summed E-state index contributed by atoms with van der Waals surface area (Å²) in [5.74, 6) is 1.89. The zero-order chi connectivity index (χ0) is 16.4. The van der Waals surface area contributed by atoms with E-state index in [0.717, 1.165) is 11.8 Å². The second kappa shape index (κ2) is 17.1. The van der Waals surface area contributed by atoms with Gasteiger partial charge in [0.25, 0.3) is 0 Å². The number of hydrogen-bond acceptors (Lipinski definition) is 0. The van der Waals surface area contributed by atoms with Gasteiger partial charge < -0.3 is 0 Å². The first kappa shape index (κ1) is 21.3. The van der Waals surface area contributed by atoms with Crippen molar-refractivity contribution in [3.05, 3.63) is 0 Å². The lowest BCUT2D eigenvalue weighted by Gasteiger charge is -2.17. The molecule has 138 valence electrons. The van der Waals surface area contributed by atoms with Gasteiger partial charge in [-0.3, -0.25) is 0 Å². The standard InChI is InChI=1S/C22H43Cl/c23-21-17-13-9-12-16-20-22-18-14-10-7-5-3-1-2-4-6-8-11-15-19-22/h22H,1-21H2. The minimum Gasteiger partial charge on any atom is -0.127 e. The zero-order valence-electron chi connectivity index (χ0n) is 15.8. The molecule has 0 heterocycles. The molecule has 0 saturated heterocycles. The van der Waals surface area contributed by atoms with E-state index in [0.29, 0.717) is 0 Å². The van der Waals surface area contributed by atoms with E-state index in [-0.39, 0.29) is 0 Å². The van der Waals surface area contributed by atoms with E-state index < -0.39 is 0 Å². The Morgan fingerprint density at radius 3 is 1.35 bits per heavy atom. The largest absolute Gasteiger partial charge is 0.127 e. The van der Waals surface area contributed by atoms with Crippen LogP contribution in [0.5, 0.6) is 0 Å². The Bertz CT molecular complexity index is 210. The van der Waals surface area contributed by atoms with Gasteiger partial charge in [0.1, 0.15) is 0 Å². The average molecular weight is 343 g/mol. The van der Waals surface area contributed by atoms with Gasteiger partial charge in [-0.25, -0.2) is 0 Å². The van der Waals surface area contributed by atoms with Crippen LogP contribution in [-0.2, 0) is 0 Å². The van der Waals surface area contributed by atoms with E-state index in [9.17, 15) is 0 Å². The molecular formula is C22H43Cl. The lowest BCUT2D eigenvalue weighted by molar-refractivity contribution is 0.367. The molecule has 0 aromatic carbocycles. The molecule has 1 aliphatic rings. The van der Waals surface area contributed by atoms with Gasteiger partial charge in [-0.1, -0.05) is 122 Å². The monoisotopic (exact) mass is 342 g/mol. The molecule has 23 heavy (non-hydrogen) atoms. The minimum atomic E-state index is 0.850. The van der Waals surface area contributed by atoms with Gasteiger partial charge in [0.2, 0.25) is 0 Å². The maximum Gasteiger partial charge on any atom is 0.0223 e. The summed E-state index contributed by atoms with van der Waals surface area (Å²) in [7, 11) is 0. The summed E-state index contributed by atoms with van der Waals surface area (Å²) in [4.78, 5) is 0. The van der Waals surface area contributed by atoms with Crippen molar-refractivity contribution < 1.29 is 0 Å². The molecular weight excluding hydrogens is 300 g/mol. The fraction of sp³-hybridized carbons (Fsp3) is 1.00. The molecule has 0 nitrogen and oxygen atoms in total. The van der Waals surface area contributed by atoms with Crippen molar-refractivity contribution in [2.24, 2.45) is 5.92 Å². The minimum absolute atomic E-state index is 0.850. The van der Waals surface area contributed by atoms with Crippen LogP contribution < -0.4 is 0 Å². The quantitative estimate of drug-likeness (QED) is 0.320. The Morgan fingerprint density at radius 2 is 0.870 bits per heavy atom. The Kier molecular flexibility index (Phi) is 15.9. The molecule has 1 saturated carbocycles. The van der Waals surface area contributed by atoms with Crippen molar-refractivity contribution in [1.82, 2.24) is 0 Å². The second-order valence-electron chi connectivity index (χ2n) is 7.93. The first-order valence-corrected chi connectivity index (χ1v) is 11.5. The molecule has 1 rings (SSSR count). The normalized spacial score (nSPS) is 20.7. The average Bonchev–Trinajstić information content (AvgIpc) is 2.57. The van der Waals surface area contributed by atoms with E-state index in [4.69, 9.17) is 11.6 Å². The van der Waals surface area contributed by atoms with E-state index >= 15 is 0 Å². The molecule has 0 bridgehead atoms. The van der Waals surface area contributed by atoms with Gasteiger partial charge in [-0.05, 0) is 12.3 Å². The van der Waals surface area contributed by atoms with Gasteiger partial charge in [0.05, 0.1) is 0 Å². The summed E-state index contributed by atoms with van der Waals surface area (Å²) in [6.07, 6.45) is 29.3. The van der Waals surface area contributed by atoms with Gasteiger partial charge in [0.15, 0.2) is 0 Å². The number of hydrogen-bond donors (Lipinski definition) is 0. The summed E-state index contributed by atoms with van der Waals surface area (Å²) in [5, 5.41) is 0. The Hall–Kier alpha value is 0.290. The third-order valence-electron chi connectivity index (χ3n) is 5.72. The summed E-state index contributed by atoms with van der Waals surface area (Å²) in [5.41, 5.74) is 0. The molecule has 0 N–H and O–H groups in total. The molecule has 0 amide bonds. The lowest BCUT2D eigenvalue weighted by Crippen LogP contribution is -2.01. The van der Waals surface area contributed by atoms with E-state index in [1.807, 2.05) is 0 Å². The van der Waals surface area contributed by atoms with Crippen molar-refractivity contribution in [3.8, 4) is 0 Å². The van der Waals surface area contributed by atoms with Crippen LogP contribution in [0.15, 0.2) is 0 Å². The summed E-state index contributed by atoms with van der Waals surface area (Å²) >= 11 is 5.76. The van der Waals surface area contributed by atoms with Crippen LogP contribution in [0.2, 0.25) is 0 Å². The van der Waals surface area contributed by atoms with E-state index in [1.165, 1.54) is 128 Å². The van der Waals surface area contributed by atoms with Crippen LogP contribution >= 0.6 is 11.6 Å². The van der Waals surface area contributed by atoms with Crippen LogP contribution in [0.4, 0.5) is 0 Å². The maximum atomic E-state index is 5.76. The zero-order valence-corrected chi connectivity index (χ0v) is 16.6. The van der Waals surface area contributed by atoms with Crippen LogP contribution in [0.1, 0.15) is 128 Å². The number of unbranched alkanes of at least 4 members (excludes halogenated alkanes) is 4. The smallest absolute Gasteiger partial charge is 0.0223 e. The van der Waals surface area contributed by atoms with Crippen molar-refractivity contribution in [2.75, 3.05) is 5.88 Å². The molecule has 0 radical (unpaired) electrons. The van der Waals surface area contributed by atoms with Crippen LogP contribution in [0.3, 0.4) is 0 Å². The molecule has 1 aliphatic carbocycles. The van der Waals surface area contributed by atoms with Crippen LogP contribution in [0.25, 0.3) is 0 Å². The molecule has 0 atom stereocenters. The SMILES string of the molecule is ClCCCCCCCC1CCCCCCCCCCCCCC1. The summed E-state index contributed by atoms with van der Waals surface area (Å²) in [6.45, 7) is 0. The Labute approximate surface area is 152 Å². The molecule has 0 aromatic heterocycles. The number of rotatable bonds is 7. The highest BCUT2D eigenvalue weighted by Gasteiger charge is 2.09. The van der Waals surface area contributed by atoms with Crippen molar-refractivity contribution in [3.63, 3.8) is 0 Å². The molecule has 0 aromatic rings. The van der Waals surface area contributed by atoms with Crippen molar-refractivity contribution in [2.45, 2.75) is 128 Å². The Balaban J connectivity index is 2.15. The molecule has 1 heteroatoms. The van der Waals surface area contributed by atoms with Crippen LogP contribution in [-0.4, -0.2) is 5.88 Å². The maximum absolute atomic E-state index is 5.76. The first-order valence-electron chi connectivity index (χ1n) is 11.0. The van der Waals surface area contributed by atoms with Gasteiger partial charge >= 0.3 is 0 Å². The van der Waals surface area contributed by atoms with Crippen LogP contribution in [0, 0.1) is 5.92 Å². The molecule has 0 unspecified atom stereocenters. The second-order valence-corrected chi connectivity index (χ2v) is 8.31. The fourth-order valence-electron chi connectivity index (χ4n) is 4.12. The lowest BCUT2D eigenvalue weighted by atomic mass is 9.89. The summed E-state index contributed by atoms with van der Waals surface area (Å²) < 4.78 is 0. The predicted molar refractivity (Wildman–Crippen MR) is 107 cm³/mol. The predicted octanol–water partition coefficient (Wildman–Crippen LogP) is 8.66. The van der Waals surface area contributed by atoms with Gasteiger partial charge in [0, 0.05) is 5.88 Å². The van der Waals surface area contributed by atoms with Crippen molar-refractivity contribution >= 4 is 11.6 Å². The highest BCUT2D eigenvalue weighted by Crippen LogP contribution is 2.25. The van der Waals surface area contributed by atoms with Gasteiger partial charge in [-0.2, -0.15) is 0 Å². The summed E-state index contributed by atoms with van der Waals surface area (Å²) in [6, 6.07) is 0. The highest BCUT2D eigenvalue weighted by molar-refractivity contribution is 6.17. The van der Waals surface area contributed by atoms with E-state index in [2.05, 4.69) is 0 Å². The first-order chi connectivity index (χ1) is 11.4. The third-order valence-corrected chi connectivity index (χ3v) is 5.99. The van der Waals surface area contributed by atoms with E-state index in [1.54, 1.807) is 0 Å². The van der Waals surface area contributed by atoms with Gasteiger partial charge in [-0.15, -0.1) is 11.6 Å². The number of halogens is 1. The molecule has 0 spiro atoms. The molecule has 0 aliphatic heterocycles. The third kappa shape index (κ3) is 14.3.